The first kappa shape index (κ1) is 19.2. The van der Waals surface area contributed by atoms with Crippen molar-refractivity contribution in [2.75, 3.05) is 0 Å². The van der Waals surface area contributed by atoms with Gasteiger partial charge in [-0.15, -0.1) is 0 Å². The minimum atomic E-state index is -0.976. The Hall–Kier alpha value is -3.15. The number of para-hydroxylation sites is 1. The number of hydrogen-bond acceptors (Lipinski definition) is 3. The lowest BCUT2D eigenvalue weighted by Crippen LogP contribution is -2.46. The van der Waals surface area contributed by atoms with E-state index < -0.39 is 23.7 Å². The average molecular weight is 356 g/mol. The molecule has 26 heavy (non-hydrogen) atoms. The van der Waals surface area contributed by atoms with Gasteiger partial charge in [0.1, 0.15) is 0 Å². The van der Waals surface area contributed by atoms with Crippen molar-refractivity contribution in [1.29, 1.82) is 0 Å². The molecule has 0 saturated heterocycles. The highest BCUT2D eigenvalue weighted by atomic mass is 19.1. The number of hydrazine groups is 1. The fraction of sp³-hybridized carbons (Fsp3) is 0.200. The number of hydrogen-bond donors (Lipinski definition) is 2. The van der Waals surface area contributed by atoms with E-state index in [-0.39, 0.29) is 5.75 Å². The zero-order valence-electron chi connectivity index (χ0n) is 14.9. The zero-order chi connectivity index (χ0) is 19.1. The number of benzene rings is 2. The quantitative estimate of drug-likeness (QED) is 0.639. The van der Waals surface area contributed by atoms with Crippen LogP contribution >= 0.6 is 0 Å². The summed E-state index contributed by atoms with van der Waals surface area (Å²) in [6, 6.07) is 11.7. The van der Waals surface area contributed by atoms with Crippen LogP contribution in [-0.2, 0) is 9.59 Å². The Morgan fingerprint density at radius 1 is 1.12 bits per heavy atom. The van der Waals surface area contributed by atoms with Crippen molar-refractivity contribution in [1.82, 2.24) is 10.9 Å². The molecule has 2 rings (SSSR count). The number of halogens is 1. The van der Waals surface area contributed by atoms with E-state index in [1.165, 1.54) is 31.2 Å². The Morgan fingerprint density at radius 2 is 1.85 bits per heavy atom. The van der Waals surface area contributed by atoms with E-state index >= 15 is 0 Å². The Bertz CT molecular complexity index is 834. The second-order valence-corrected chi connectivity index (χ2v) is 5.86. The molecule has 0 bridgehead atoms. The van der Waals surface area contributed by atoms with Crippen LogP contribution in [0.15, 0.2) is 48.5 Å². The molecule has 0 aliphatic rings. The van der Waals surface area contributed by atoms with Gasteiger partial charge in [0.2, 0.25) is 0 Å². The molecule has 2 amide bonds. The lowest BCUT2D eigenvalue weighted by Gasteiger charge is -2.15. The number of nitrogens with one attached hydrogen (secondary N) is 2. The Labute approximate surface area is 151 Å². The predicted molar refractivity (Wildman–Crippen MR) is 97.7 cm³/mol. The Kier molecular flexibility index (Phi) is 6.49. The van der Waals surface area contributed by atoms with E-state index in [2.05, 4.69) is 10.9 Å². The molecule has 0 radical (unpaired) electrons. The Balaban J connectivity index is 1.85. The van der Waals surface area contributed by atoms with Gasteiger partial charge in [0, 0.05) is 6.08 Å². The van der Waals surface area contributed by atoms with E-state index in [1.54, 1.807) is 12.1 Å². The van der Waals surface area contributed by atoms with Gasteiger partial charge in [-0.1, -0.05) is 35.9 Å². The summed E-state index contributed by atoms with van der Waals surface area (Å²) < 4.78 is 18.8. The molecule has 1 atom stereocenters. The molecule has 0 aliphatic heterocycles. The third-order valence-electron chi connectivity index (χ3n) is 3.66. The molecule has 2 N–H and O–H groups in total. The van der Waals surface area contributed by atoms with Crippen molar-refractivity contribution < 1.29 is 18.7 Å². The van der Waals surface area contributed by atoms with Gasteiger partial charge < -0.3 is 4.74 Å². The monoisotopic (exact) mass is 356 g/mol. The van der Waals surface area contributed by atoms with Gasteiger partial charge in [0.05, 0.1) is 0 Å². The summed E-state index contributed by atoms with van der Waals surface area (Å²) in [7, 11) is 0. The molecule has 2 aromatic carbocycles. The second kappa shape index (κ2) is 8.80. The summed E-state index contributed by atoms with van der Waals surface area (Å²) in [6.07, 6.45) is 2.01. The van der Waals surface area contributed by atoms with Crippen LogP contribution in [0.4, 0.5) is 4.39 Å². The minimum absolute atomic E-state index is 0.0313. The highest BCUT2D eigenvalue weighted by Crippen LogP contribution is 2.17. The molecule has 0 heterocycles. The fourth-order valence-electron chi connectivity index (χ4n) is 2.23. The van der Waals surface area contributed by atoms with Gasteiger partial charge in [0.25, 0.3) is 11.8 Å². The van der Waals surface area contributed by atoms with Gasteiger partial charge in [-0.25, -0.2) is 4.39 Å². The fourth-order valence-corrected chi connectivity index (χ4v) is 2.23. The van der Waals surface area contributed by atoms with Crippen molar-refractivity contribution in [2.24, 2.45) is 0 Å². The molecule has 2 aromatic rings. The number of aryl methyl sites for hydroxylation is 2. The topological polar surface area (TPSA) is 67.4 Å². The summed E-state index contributed by atoms with van der Waals surface area (Å²) in [6.45, 7) is 5.40. The average Bonchev–Trinajstić information content (AvgIpc) is 2.60. The van der Waals surface area contributed by atoms with Crippen LogP contribution in [0.2, 0.25) is 0 Å². The van der Waals surface area contributed by atoms with Gasteiger partial charge in [-0.2, -0.15) is 0 Å². The molecule has 0 spiro atoms. The lowest BCUT2D eigenvalue weighted by molar-refractivity contribution is -0.131. The number of ether oxygens (including phenoxy) is 1. The third kappa shape index (κ3) is 5.44. The molecule has 0 aliphatic carbocycles. The Morgan fingerprint density at radius 3 is 2.54 bits per heavy atom. The third-order valence-corrected chi connectivity index (χ3v) is 3.66. The number of carbonyl (C=O) groups is 2. The van der Waals surface area contributed by atoms with Gasteiger partial charge in [0.15, 0.2) is 17.7 Å². The number of carbonyl (C=O) groups excluding carboxylic acids is 2. The van der Waals surface area contributed by atoms with E-state index in [9.17, 15) is 14.0 Å². The first-order chi connectivity index (χ1) is 12.4. The normalized spacial score (nSPS) is 11.8. The standard InChI is InChI=1S/C20H21FN2O3/c1-13-8-9-16(14(2)12-13)10-11-19(24)22-23-20(25)15(3)26-18-7-5-4-6-17(18)21/h4-12,15H,1-3H3,(H,22,24)(H,23,25)/b11-10+. The van der Waals surface area contributed by atoms with Gasteiger partial charge >= 0.3 is 0 Å². The molecule has 0 aromatic heterocycles. The van der Waals surface area contributed by atoms with Crippen molar-refractivity contribution in [3.63, 3.8) is 0 Å². The largest absolute Gasteiger partial charge is 0.478 e. The van der Waals surface area contributed by atoms with Crippen LogP contribution < -0.4 is 15.6 Å². The van der Waals surface area contributed by atoms with Crippen molar-refractivity contribution in [3.8, 4) is 5.75 Å². The summed E-state index contributed by atoms with van der Waals surface area (Å²) in [5.41, 5.74) is 7.61. The molecule has 5 nitrogen and oxygen atoms in total. The van der Waals surface area contributed by atoms with Gasteiger partial charge in [-0.3, -0.25) is 20.4 Å². The molecular weight excluding hydrogens is 335 g/mol. The second-order valence-electron chi connectivity index (χ2n) is 5.86. The van der Waals surface area contributed by atoms with Crippen LogP contribution in [0.5, 0.6) is 5.75 Å². The summed E-state index contributed by atoms with van der Waals surface area (Å²) in [5.74, 6) is -1.68. The highest BCUT2D eigenvalue weighted by Gasteiger charge is 2.16. The van der Waals surface area contributed by atoms with E-state index in [0.29, 0.717) is 0 Å². The molecule has 6 heteroatoms. The van der Waals surface area contributed by atoms with Crippen LogP contribution in [-0.4, -0.2) is 17.9 Å². The highest BCUT2D eigenvalue weighted by molar-refractivity contribution is 5.93. The number of amides is 2. The van der Waals surface area contributed by atoms with E-state index in [1.807, 2.05) is 32.0 Å². The minimum Gasteiger partial charge on any atom is -0.478 e. The van der Waals surface area contributed by atoms with Crippen molar-refractivity contribution >= 4 is 17.9 Å². The number of rotatable bonds is 5. The maximum Gasteiger partial charge on any atom is 0.279 e. The van der Waals surface area contributed by atoms with E-state index in [0.717, 1.165) is 16.7 Å². The maximum atomic E-state index is 13.5. The van der Waals surface area contributed by atoms with Crippen LogP contribution in [0.25, 0.3) is 6.08 Å². The molecule has 0 saturated carbocycles. The van der Waals surface area contributed by atoms with E-state index in [4.69, 9.17) is 4.74 Å². The first-order valence-electron chi connectivity index (χ1n) is 8.13. The smallest absolute Gasteiger partial charge is 0.279 e. The first-order valence-corrected chi connectivity index (χ1v) is 8.13. The van der Waals surface area contributed by atoms with Crippen LogP contribution in [0.1, 0.15) is 23.6 Å². The van der Waals surface area contributed by atoms with Crippen molar-refractivity contribution in [2.45, 2.75) is 26.9 Å². The van der Waals surface area contributed by atoms with Crippen LogP contribution in [0.3, 0.4) is 0 Å². The maximum absolute atomic E-state index is 13.5. The lowest BCUT2D eigenvalue weighted by atomic mass is 10.1. The summed E-state index contributed by atoms with van der Waals surface area (Å²) in [5, 5.41) is 0. The van der Waals surface area contributed by atoms with Crippen molar-refractivity contribution in [3.05, 3.63) is 71.0 Å². The van der Waals surface area contributed by atoms with Gasteiger partial charge in [-0.05, 0) is 50.1 Å². The predicted octanol–water partition coefficient (Wildman–Crippen LogP) is 3.07. The molecule has 136 valence electrons. The van der Waals surface area contributed by atoms with Crippen LogP contribution in [0, 0.1) is 19.7 Å². The summed E-state index contributed by atoms with van der Waals surface area (Å²) in [4.78, 5) is 23.8. The molecular formula is C20H21FN2O3. The molecule has 1 unspecified atom stereocenters. The zero-order valence-corrected chi connectivity index (χ0v) is 14.9. The SMILES string of the molecule is Cc1ccc(/C=C/C(=O)NNC(=O)C(C)Oc2ccccc2F)c(C)c1. The molecule has 0 fully saturated rings. The summed E-state index contributed by atoms with van der Waals surface area (Å²) >= 11 is 0.